The molecule has 1 fully saturated rings. The number of carbonyl (C=O) groups excluding carboxylic acids is 2. The van der Waals surface area contributed by atoms with Crippen molar-refractivity contribution in [2.24, 2.45) is 0 Å². The van der Waals surface area contributed by atoms with Gasteiger partial charge in [0, 0.05) is 16.3 Å². The molecule has 1 heterocycles. The molecule has 4 rings (SSSR count). The van der Waals surface area contributed by atoms with Crippen molar-refractivity contribution in [1.82, 2.24) is 0 Å². The van der Waals surface area contributed by atoms with Gasteiger partial charge in [0.15, 0.2) is 0 Å². The van der Waals surface area contributed by atoms with Gasteiger partial charge in [-0.1, -0.05) is 69.6 Å². The Morgan fingerprint density at radius 3 is 2.22 bits per heavy atom. The van der Waals surface area contributed by atoms with Crippen LogP contribution in [0.15, 0.2) is 72.3 Å². The second-order valence-electron chi connectivity index (χ2n) is 10.3. The van der Waals surface area contributed by atoms with Gasteiger partial charge in [0.2, 0.25) is 0 Å². The van der Waals surface area contributed by atoms with Crippen LogP contribution in [0.4, 0.5) is 5.69 Å². The van der Waals surface area contributed by atoms with Gasteiger partial charge in [0.25, 0.3) is 11.7 Å². The molecule has 6 heteroatoms. The minimum Gasteiger partial charge on any atom is -0.507 e. The van der Waals surface area contributed by atoms with Crippen molar-refractivity contribution in [3.8, 4) is 5.75 Å². The highest BCUT2D eigenvalue weighted by Crippen LogP contribution is 2.43. The van der Waals surface area contributed by atoms with Crippen LogP contribution in [-0.4, -0.2) is 23.4 Å². The number of ketones is 1. The number of ether oxygens (including phenoxy) is 1. The molecule has 192 valence electrons. The van der Waals surface area contributed by atoms with E-state index in [1.54, 1.807) is 36.4 Å². The summed E-state index contributed by atoms with van der Waals surface area (Å²) in [5, 5.41) is 11.9. The van der Waals surface area contributed by atoms with Crippen LogP contribution >= 0.6 is 11.6 Å². The average molecular weight is 518 g/mol. The van der Waals surface area contributed by atoms with Crippen LogP contribution < -0.4 is 9.64 Å². The molecule has 1 N–H and O–H groups in total. The van der Waals surface area contributed by atoms with E-state index in [1.807, 2.05) is 44.2 Å². The van der Waals surface area contributed by atoms with Gasteiger partial charge in [0.05, 0.1) is 18.2 Å². The number of rotatable bonds is 6. The maximum absolute atomic E-state index is 13.4. The fourth-order valence-electron chi connectivity index (χ4n) is 4.40. The summed E-state index contributed by atoms with van der Waals surface area (Å²) < 4.78 is 5.64. The van der Waals surface area contributed by atoms with E-state index in [0.29, 0.717) is 34.2 Å². The Balaban J connectivity index is 1.87. The molecule has 3 aromatic carbocycles. The molecule has 37 heavy (non-hydrogen) atoms. The monoisotopic (exact) mass is 517 g/mol. The molecule has 0 radical (unpaired) electrons. The van der Waals surface area contributed by atoms with E-state index >= 15 is 0 Å². The Labute approximate surface area is 223 Å². The van der Waals surface area contributed by atoms with Crippen molar-refractivity contribution in [1.29, 1.82) is 0 Å². The van der Waals surface area contributed by atoms with Gasteiger partial charge >= 0.3 is 0 Å². The number of hydrogen-bond acceptors (Lipinski definition) is 4. The number of anilines is 1. The average Bonchev–Trinajstić information content (AvgIpc) is 3.14. The summed E-state index contributed by atoms with van der Waals surface area (Å²) in [6, 6.07) is 19.1. The summed E-state index contributed by atoms with van der Waals surface area (Å²) >= 11 is 6.39. The largest absolute Gasteiger partial charge is 0.507 e. The minimum absolute atomic E-state index is 0.0347. The molecule has 1 unspecified atom stereocenters. The predicted octanol–water partition coefficient (Wildman–Crippen LogP) is 7.36. The number of Topliss-reactive ketones (excluding diaryl/α,β-unsaturated/α-hetero) is 1. The van der Waals surface area contributed by atoms with Crippen LogP contribution in [0.1, 0.15) is 62.4 Å². The first-order valence-electron chi connectivity index (χ1n) is 12.4. The standard InChI is InChI=1S/C31H32ClNO4/c1-6-17-37-24-15-10-21(11-16-24)28(34)26-27(20-8-12-22(13-9-20)31(3,4)5)33(30(36)29(26)35)23-14-7-19(2)25(32)18-23/h7-16,18,27,34H,6,17H2,1-5H3/b28-26+. The molecule has 0 saturated carbocycles. The lowest BCUT2D eigenvalue weighted by Gasteiger charge is -2.27. The Hall–Kier alpha value is -3.57. The molecule has 1 atom stereocenters. The first-order chi connectivity index (χ1) is 17.5. The highest BCUT2D eigenvalue weighted by atomic mass is 35.5. The third-order valence-corrected chi connectivity index (χ3v) is 6.98. The molecule has 0 spiro atoms. The van der Waals surface area contributed by atoms with E-state index in [4.69, 9.17) is 16.3 Å². The van der Waals surface area contributed by atoms with Gasteiger partial charge < -0.3 is 9.84 Å². The van der Waals surface area contributed by atoms with Crippen LogP contribution in [0.5, 0.6) is 5.75 Å². The van der Waals surface area contributed by atoms with Crippen LogP contribution in [0, 0.1) is 6.92 Å². The summed E-state index contributed by atoms with van der Waals surface area (Å²) in [7, 11) is 0. The highest BCUT2D eigenvalue weighted by Gasteiger charge is 2.47. The van der Waals surface area contributed by atoms with E-state index in [1.165, 1.54) is 4.90 Å². The quantitative estimate of drug-likeness (QED) is 0.211. The second-order valence-corrected chi connectivity index (χ2v) is 10.8. The smallest absolute Gasteiger partial charge is 0.300 e. The van der Waals surface area contributed by atoms with Crippen molar-refractivity contribution >= 4 is 34.7 Å². The molecule has 5 nitrogen and oxygen atoms in total. The number of carbonyl (C=O) groups is 2. The summed E-state index contributed by atoms with van der Waals surface area (Å²) in [6.45, 7) is 10.8. The number of aryl methyl sites for hydroxylation is 1. The van der Waals surface area contributed by atoms with Crippen molar-refractivity contribution < 1.29 is 19.4 Å². The zero-order valence-corrected chi connectivity index (χ0v) is 22.6. The summed E-state index contributed by atoms with van der Waals surface area (Å²) in [6.07, 6.45) is 0.877. The molecule has 1 amide bonds. The fraction of sp³-hybridized carbons (Fsp3) is 0.290. The molecule has 3 aromatic rings. The normalized spacial score (nSPS) is 17.4. The molecular formula is C31H32ClNO4. The number of hydrogen-bond donors (Lipinski definition) is 1. The van der Waals surface area contributed by atoms with Gasteiger partial charge in [-0.15, -0.1) is 0 Å². The number of aliphatic hydroxyl groups excluding tert-OH is 1. The zero-order valence-electron chi connectivity index (χ0n) is 21.8. The molecular weight excluding hydrogens is 486 g/mol. The number of aliphatic hydroxyl groups is 1. The van der Waals surface area contributed by atoms with E-state index < -0.39 is 17.7 Å². The van der Waals surface area contributed by atoms with Crippen LogP contribution in [-0.2, 0) is 15.0 Å². The molecule has 0 aliphatic carbocycles. The first-order valence-corrected chi connectivity index (χ1v) is 12.8. The van der Waals surface area contributed by atoms with Crippen molar-refractivity contribution in [3.05, 3.63) is 99.6 Å². The molecule has 1 saturated heterocycles. The maximum Gasteiger partial charge on any atom is 0.300 e. The number of nitrogens with zero attached hydrogens (tertiary/aromatic N) is 1. The first kappa shape index (κ1) is 26.5. The summed E-state index contributed by atoms with van der Waals surface area (Å²) in [5.74, 6) is -1.02. The Morgan fingerprint density at radius 1 is 1.00 bits per heavy atom. The third-order valence-electron chi connectivity index (χ3n) is 6.57. The topological polar surface area (TPSA) is 66.8 Å². The van der Waals surface area contributed by atoms with E-state index in [0.717, 1.165) is 17.5 Å². The number of halogens is 1. The SMILES string of the molecule is CCCOc1ccc(/C(O)=C2\C(=O)C(=O)N(c3ccc(C)c(Cl)c3)C2c2ccc(C(C)(C)C)cc2)cc1. The lowest BCUT2D eigenvalue weighted by atomic mass is 9.85. The van der Waals surface area contributed by atoms with E-state index in [9.17, 15) is 14.7 Å². The van der Waals surface area contributed by atoms with E-state index in [-0.39, 0.29) is 16.7 Å². The lowest BCUT2D eigenvalue weighted by Crippen LogP contribution is -2.29. The van der Waals surface area contributed by atoms with Gasteiger partial charge in [-0.25, -0.2) is 0 Å². The maximum atomic E-state index is 13.4. The third kappa shape index (κ3) is 5.28. The lowest BCUT2D eigenvalue weighted by molar-refractivity contribution is -0.132. The fourth-order valence-corrected chi connectivity index (χ4v) is 4.57. The highest BCUT2D eigenvalue weighted by molar-refractivity contribution is 6.51. The summed E-state index contributed by atoms with van der Waals surface area (Å²) in [4.78, 5) is 28.2. The zero-order chi connectivity index (χ0) is 26.9. The Kier molecular flexibility index (Phi) is 7.47. The molecule has 0 aromatic heterocycles. The van der Waals surface area contributed by atoms with Crippen LogP contribution in [0.2, 0.25) is 5.02 Å². The second kappa shape index (κ2) is 10.4. The van der Waals surface area contributed by atoms with Gasteiger partial charge in [-0.2, -0.15) is 0 Å². The molecule has 1 aliphatic heterocycles. The predicted molar refractivity (Wildman–Crippen MR) is 148 cm³/mol. The minimum atomic E-state index is -0.816. The van der Waals surface area contributed by atoms with Crippen LogP contribution in [0.3, 0.4) is 0 Å². The van der Waals surface area contributed by atoms with Crippen molar-refractivity contribution in [2.75, 3.05) is 11.5 Å². The molecule has 0 bridgehead atoms. The van der Waals surface area contributed by atoms with Gasteiger partial charge in [0.1, 0.15) is 11.5 Å². The van der Waals surface area contributed by atoms with Crippen molar-refractivity contribution in [3.63, 3.8) is 0 Å². The Morgan fingerprint density at radius 2 is 1.65 bits per heavy atom. The van der Waals surface area contributed by atoms with Crippen molar-refractivity contribution in [2.45, 2.75) is 52.5 Å². The molecule has 1 aliphatic rings. The number of benzene rings is 3. The summed E-state index contributed by atoms with van der Waals surface area (Å²) in [5.41, 5.74) is 3.59. The van der Waals surface area contributed by atoms with E-state index in [2.05, 4.69) is 20.8 Å². The van der Waals surface area contributed by atoms with Crippen LogP contribution in [0.25, 0.3) is 5.76 Å². The number of amides is 1. The Bertz CT molecular complexity index is 1350. The van der Waals surface area contributed by atoms with Gasteiger partial charge in [-0.05, 0) is 71.8 Å². The van der Waals surface area contributed by atoms with Gasteiger partial charge in [-0.3, -0.25) is 14.5 Å².